The quantitative estimate of drug-likeness (QED) is 0.888. The summed E-state index contributed by atoms with van der Waals surface area (Å²) >= 11 is 1.70. The number of pyridine rings is 1. The first-order valence-electron chi connectivity index (χ1n) is 6.88. The van der Waals surface area contributed by atoms with Gasteiger partial charge in [0.15, 0.2) is 0 Å². The number of hydrogen-bond acceptors (Lipinski definition) is 5. The van der Waals surface area contributed by atoms with Gasteiger partial charge in [-0.2, -0.15) is 0 Å². The summed E-state index contributed by atoms with van der Waals surface area (Å²) in [5, 5.41) is 3.20. The van der Waals surface area contributed by atoms with Crippen LogP contribution in [0.4, 0.5) is 5.82 Å². The van der Waals surface area contributed by atoms with Crippen LogP contribution in [-0.4, -0.2) is 24.1 Å². The van der Waals surface area contributed by atoms with Crippen molar-refractivity contribution in [3.63, 3.8) is 0 Å². The van der Waals surface area contributed by atoms with Gasteiger partial charge in [-0.15, -0.1) is 11.3 Å². The van der Waals surface area contributed by atoms with Crippen molar-refractivity contribution in [3.05, 3.63) is 39.5 Å². The molecule has 0 saturated heterocycles. The summed E-state index contributed by atoms with van der Waals surface area (Å²) in [4.78, 5) is 12.5. The third kappa shape index (κ3) is 3.55. The first-order valence-corrected chi connectivity index (χ1v) is 7.76. The molecule has 0 atom stereocenters. The van der Waals surface area contributed by atoms with E-state index in [1.165, 1.54) is 10.4 Å². The fourth-order valence-electron chi connectivity index (χ4n) is 2.09. The molecule has 0 saturated carbocycles. The molecule has 0 amide bonds. The van der Waals surface area contributed by atoms with Gasteiger partial charge in [0, 0.05) is 24.2 Å². The van der Waals surface area contributed by atoms with E-state index in [1.807, 2.05) is 12.6 Å². The Morgan fingerprint density at radius 2 is 2.15 bits per heavy atom. The highest BCUT2D eigenvalue weighted by atomic mass is 32.1. The van der Waals surface area contributed by atoms with Crippen molar-refractivity contribution in [1.82, 2.24) is 15.3 Å². The van der Waals surface area contributed by atoms with E-state index >= 15 is 0 Å². The van der Waals surface area contributed by atoms with E-state index in [4.69, 9.17) is 4.98 Å². The number of nitrogens with one attached hydrogen (secondary N) is 1. The highest BCUT2D eigenvalue weighted by molar-refractivity contribution is 7.09. The number of hydrogen-bond donors (Lipinski definition) is 1. The molecule has 0 spiro atoms. The first-order chi connectivity index (χ1) is 9.63. The molecule has 0 unspecified atom stereocenters. The minimum Gasteiger partial charge on any atom is -0.354 e. The summed E-state index contributed by atoms with van der Waals surface area (Å²) in [5.74, 6) is 1.03. The maximum atomic E-state index is 4.73. The smallest absolute Gasteiger partial charge is 0.129 e. The molecular formula is C15H22N4S. The van der Waals surface area contributed by atoms with E-state index in [2.05, 4.69) is 48.2 Å². The van der Waals surface area contributed by atoms with Gasteiger partial charge in [0.2, 0.25) is 0 Å². The van der Waals surface area contributed by atoms with E-state index in [0.717, 1.165) is 36.7 Å². The van der Waals surface area contributed by atoms with Crippen LogP contribution in [0.1, 0.15) is 28.8 Å². The number of aryl methyl sites for hydroxylation is 2. The van der Waals surface area contributed by atoms with Crippen molar-refractivity contribution in [2.75, 3.05) is 19.0 Å². The van der Waals surface area contributed by atoms with Gasteiger partial charge in [0.25, 0.3) is 0 Å². The van der Waals surface area contributed by atoms with Crippen LogP contribution < -0.4 is 10.2 Å². The van der Waals surface area contributed by atoms with Crippen molar-refractivity contribution in [2.45, 2.75) is 33.4 Å². The van der Waals surface area contributed by atoms with Gasteiger partial charge in [0.05, 0.1) is 17.7 Å². The number of anilines is 1. The van der Waals surface area contributed by atoms with Crippen LogP contribution in [0.25, 0.3) is 0 Å². The van der Waals surface area contributed by atoms with Gasteiger partial charge in [-0.3, -0.25) is 0 Å². The maximum Gasteiger partial charge on any atom is 0.129 e. The monoisotopic (exact) mass is 290 g/mol. The zero-order valence-electron chi connectivity index (χ0n) is 12.6. The van der Waals surface area contributed by atoms with Crippen LogP contribution in [0.3, 0.4) is 0 Å². The molecular weight excluding hydrogens is 268 g/mol. The van der Waals surface area contributed by atoms with E-state index in [1.54, 1.807) is 11.3 Å². The zero-order valence-corrected chi connectivity index (χ0v) is 13.4. The first kappa shape index (κ1) is 14.9. The predicted molar refractivity (Wildman–Crippen MR) is 85.3 cm³/mol. The molecule has 0 bridgehead atoms. The number of aromatic nitrogens is 2. The van der Waals surface area contributed by atoms with Crippen LogP contribution in [0, 0.1) is 6.92 Å². The Kier molecular flexibility index (Phi) is 5.09. The fraction of sp³-hybridized carbons (Fsp3) is 0.467. The highest BCUT2D eigenvalue weighted by Gasteiger charge is 2.10. The standard InChI is InChI=1S/C15H22N4S/c1-5-13-6-12(8-16-3)7-15(18-13)19(4)9-14-11(2)17-10-20-14/h6-7,10,16H,5,8-9H2,1-4H3. The van der Waals surface area contributed by atoms with E-state index < -0.39 is 0 Å². The fourth-order valence-corrected chi connectivity index (χ4v) is 2.92. The molecule has 0 aromatic carbocycles. The van der Waals surface area contributed by atoms with Crippen molar-refractivity contribution in [3.8, 4) is 0 Å². The van der Waals surface area contributed by atoms with Gasteiger partial charge in [-0.25, -0.2) is 9.97 Å². The summed E-state index contributed by atoms with van der Waals surface area (Å²) in [7, 11) is 4.06. The van der Waals surface area contributed by atoms with Gasteiger partial charge >= 0.3 is 0 Å². The maximum absolute atomic E-state index is 4.73. The molecule has 1 N–H and O–H groups in total. The second-order valence-electron chi connectivity index (χ2n) is 4.93. The molecule has 2 rings (SSSR count). The van der Waals surface area contributed by atoms with Crippen LogP contribution in [0.2, 0.25) is 0 Å². The highest BCUT2D eigenvalue weighted by Crippen LogP contribution is 2.20. The molecule has 108 valence electrons. The lowest BCUT2D eigenvalue weighted by Gasteiger charge is -2.19. The van der Waals surface area contributed by atoms with Crippen molar-refractivity contribution < 1.29 is 0 Å². The van der Waals surface area contributed by atoms with Gasteiger partial charge in [0.1, 0.15) is 5.82 Å². The summed E-state index contributed by atoms with van der Waals surface area (Å²) in [5.41, 5.74) is 5.44. The molecule has 0 aliphatic heterocycles. The Balaban J connectivity index is 2.22. The topological polar surface area (TPSA) is 41.0 Å². The minimum absolute atomic E-state index is 0.857. The average molecular weight is 290 g/mol. The zero-order chi connectivity index (χ0) is 14.5. The van der Waals surface area contributed by atoms with E-state index in [9.17, 15) is 0 Å². The largest absolute Gasteiger partial charge is 0.354 e. The summed E-state index contributed by atoms with van der Waals surface area (Å²) in [6.07, 6.45) is 0.956. The Morgan fingerprint density at radius 1 is 1.35 bits per heavy atom. The molecule has 2 heterocycles. The average Bonchev–Trinajstić information content (AvgIpc) is 2.84. The normalized spacial score (nSPS) is 10.8. The molecule has 20 heavy (non-hydrogen) atoms. The van der Waals surface area contributed by atoms with E-state index in [0.29, 0.717) is 0 Å². The van der Waals surface area contributed by atoms with Crippen LogP contribution in [-0.2, 0) is 19.5 Å². The Morgan fingerprint density at radius 3 is 2.75 bits per heavy atom. The Hall–Kier alpha value is -1.46. The molecule has 0 aliphatic rings. The molecule has 0 radical (unpaired) electrons. The molecule has 4 nitrogen and oxygen atoms in total. The SMILES string of the molecule is CCc1cc(CNC)cc(N(C)Cc2scnc2C)n1. The van der Waals surface area contributed by atoms with E-state index in [-0.39, 0.29) is 0 Å². The summed E-state index contributed by atoms with van der Waals surface area (Å²) < 4.78 is 0. The third-order valence-electron chi connectivity index (χ3n) is 3.28. The van der Waals surface area contributed by atoms with Crippen LogP contribution in [0.5, 0.6) is 0 Å². The Bertz CT molecular complexity index is 565. The van der Waals surface area contributed by atoms with Crippen LogP contribution >= 0.6 is 11.3 Å². The molecule has 0 fully saturated rings. The lowest BCUT2D eigenvalue weighted by atomic mass is 10.2. The second-order valence-corrected chi connectivity index (χ2v) is 5.87. The van der Waals surface area contributed by atoms with Crippen molar-refractivity contribution >= 4 is 17.2 Å². The number of rotatable bonds is 6. The van der Waals surface area contributed by atoms with Gasteiger partial charge in [-0.05, 0) is 38.1 Å². The third-order valence-corrected chi connectivity index (χ3v) is 4.20. The number of nitrogens with zero attached hydrogens (tertiary/aromatic N) is 3. The minimum atomic E-state index is 0.857. The molecule has 2 aromatic rings. The Labute approximate surface area is 124 Å². The lowest BCUT2D eigenvalue weighted by Crippen LogP contribution is -2.19. The van der Waals surface area contributed by atoms with Crippen LogP contribution in [0.15, 0.2) is 17.6 Å². The molecule has 2 aromatic heterocycles. The summed E-state index contributed by atoms with van der Waals surface area (Å²) in [6, 6.07) is 4.33. The summed E-state index contributed by atoms with van der Waals surface area (Å²) in [6.45, 7) is 5.93. The van der Waals surface area contributed by atoms with Crippen molar-refractivity contribution in [1.29, 1.82) is 0 Å². The molecule has 0 aliphatic carbocycles. The van der Waals surface area contributed by atoms with Gasteiger partial charge < -0.3 is 10.2 Å². The lowest BCUT2D eigenvalue weighted by molar-refractivity contribution is 0.805. The predicted octanol–water partition coefficient (Wildman–Crippen LogP) is 2.76. The number of thiazole rings is 1. The molecule has 5 heteroatoms. The van der Waals surface area contributed by atoms with Gasteiger partial charge in [-0.1, -0.05) is 6.92 Å². The second kappa shape index (κ2) is 6.81. The van der Waals surface area contributed by atoms with Crippen molar-refractivity contribution in [2.24, 2.45) is 0 Å².